The van der Waals surface area contributed by atoms with Crippen molar-refractivity contribution in [3.8, 4) is 0 Å². The standard InChI is InChI=1S/C13H22FNO5/c1-13(2,3)20-11(16)10(14)8-19-7-9-5-4-6-15(9)12(17)18/h9-10H,4-8H2,1-3H3,(H,17,18)/t9-,10?/m0/s1. The highest BCUT2D eigenvalue weighted by molar-refractivity contribution is 5.75. The molecule has 0 aromatic carbocycles. The number of carbonyl (C=O) groups excluding carboxylic acids is 1. The van der Waals surface area contributed by atoms with E-state index in [1.54, 1.807) is 20.8 Å². The third-order valence-electron chi connectivity index (χ3n) is 2.86. The molecule has 0 spiro atoms. The van der Waals surface area contributed by atoms with E-state index in [4.69, 9.17) is 14.6 Å². The SMILES string of the molecule is CC(C)(C)OC(=O)C(F)COC[C@@H]1CCCN1C(=O)O. The molecule has 1 heterocycles. The lowest BCUT2D eigenvalue weighted by Gasteiger charge is -2.23. The maximum atomic E-state index is 13.5. The zero-order valence-electron chi connectivity index (χ0n) is 12.1. The first-order valence-electron chi connectivity index (χ1n) is 6.65. The van der Waals surface area contributed by atoms with Crippen LogP contribution in [0.5, 0.6) is 0 Å². The van der Waals surface area contributed by atoms with Crippen molar-refractivity contribution in [2.45, 2.75) is 51.4 Å². The van der Waals surface area contributed by atoms with E-state index in [9.17, 15) is 14.0 Å². The predicted octanol–water partition coefficient (Wildman–Crippen LogP) is 1.83. The maximum absolute atomic E-state index is 13.5. The lowest BCUT2D eigenvalue weighted by Crippen LogP contribution is -2.38. The van der Waals surface area contributed by atoms with Crippen molar-refractivity contribution >= 4 is 12.1 Å². The van der Waals surface area contributed by atoms with Crippen molar-refractivity contribution in [2.75, 3.05) is 19.8 Å². The highest BCUT2D eigenvalue weighted by atomic mass is 19.1. The van der Waals surface area contributed by atoms with Crippen LogP contribution in [0.15, 0.2) is 0 Å². The molecular weight excluding hydrogens is 269 g/mol. The zero-order chi connectivity index (χ0) is 15.3. The molecule has 0 saturated carbocycles. The minimum Gasteiger partial charge on any atom is -0.465 e. The summed E-state index contributed by atoms with van der Waals surface area (Å²) in [4.78, 5) is 23.6. The number of likely N-dealkylation sites (tertiary alicyclic amines) is 1. The fraction of sp³-hybridized carbons (Fsp3) is 0.846. The number of ether oxygens (including phenoxy) is 2. The van der Waals surface area contributed by atoms with E-state index in [1.807, 2.05) is 0 Å². The summed E-state index contributed by atoms with van der Waals surface area (Å²) in [6.07, 6.45) is -1.39. The summed E-state index contributed by atoms with van der Waals surface area (Å²) >= 11 is 0. The Kier molecular flexibility index (Phi) is 5.74. The smallest absolute Gasteiger partial charge is 0.407 e. The van der Waals surface area contributed by atoms with Crippen LogP contribution in [-0.4, -0.2) is 59.6 Å². The van der Waals surface area contributed by atoms with Crippen LogP contribution in [0.2, 0.25) is 0 Å². The van der Waals surface area contributed by atoms with Crippen LogP contribution in [0.25, 0.3) is 0 Å². The van der Waals surface area contributed by atoms with Crippen molar-refractivity contribution in [1.82, 2.24) is 4.90 Å². The van der Waals surface area contributed by atoms with E-state index in [-0.39, 0.29) is 12.6 Å². The van der Waals surface area contributed by atoms with Crippen LogP contribution >= 0.6 is 0 Å². The molecule has 0 bridgehead atoms. The number of carbonyl (C=O) groups is 2. The molecule has 1 amide bonds. The van der Waals surface area contributed by atoms with Crippen molar-refractivity contribution in [1.29, 1.82) is 0 Å². The van der Waals surface area contributed by atoms with Gasteiger partial charge in [0.25, 0.3) is 0 Å². The molecule has 1 fully saturated rings. The first-order chi connectivity index (χ1) is 9.20. The van der Waals surface area contributed by atoms with E-state index < -0.39 is 30.4 Å². The summed E-state index contributed by atoms with van der Waals surface area (Å²) in [5.41, 5.74) is -0.743. The number of amides is 1. The minimum atomic E-state index is -1.85. The quantitative estimate of drug-likeness (QED) is 0.782. The molecule has 0 aliphatic carbocycles. The average molecular weight is 291 g/mol. The fourth-order valence-corrected chi connectivity index (χ4v) is 2.00. The summed E-state index contributed by atoms with van der Waals surface area (Å²) in [7, 11) is 0. The number of hydrogen-bond acceptors (Lipinski definition) is 4. The predicted molar refractivity (Wildman–Crippen MR) is 69.3 cm³/mol. The van der Waals surface area contributed by atoms with Gasteiger partial charge in [0, 0.05) is 6.54 Å². The molecule has 1 aliphatic heterocycles. The molecule has 7 heteroatoms. The van der Waals surface area contributed by atoms with E-state index >= 15 is 0 Å². The molecule has 116 valence electrons. The summed E-state index contributed by atoms with van der Waals surface area (Å²) < 4.78 is 23.5. The Bertz CT molecular complexity index is 355. The Morgan fingerprint density at radius 3 is 2.65 bits per heavy atom. The summed E-state index contributed by atoms with van der Waals surface area (Å²) in [5.74, 6) is -0.959. The summed E-state index contributed by atoms with van der Waals surface area (Å²) in [5, 5.41) is 8.93. The van der Waals surface area contributed by atoms with Gasteiger partial charge >= 0.3 is 12.1 Å². The Balaban J connectivity index is 2.30. The van der Waals surface area contributed by atoms with Gasteiger partial charge in [-0.05, 0) is 33.6 Å². The van der Waals surface area contributed by atoms with Gasteiger partial charge in [-0.3, -0.25) is 0 Å². The van der Waals surface area contributed by atoms with Gasteiger partial charge in [-0.2, -0.15) is 0 Å². The molecular formula is C13H22FNO5. The molecule has 1 unspecified atom stereocenters. The largest absolute Gasteiger partial charge is 0.465 e. The number of nitrogens with zero attached hydrogens (tertiary/aromatic N) is 1. The third kappa shape index (κ3) is 5.32. The highest BCUT2D eigenvalue weighted by Crippen LogP contribution is 2.17. The fourth-order valence-electron chi connectivity index (χ4n) is 2.00. The van der Waals surface area contributed by atoms with Gasteiger partial charge in [-0.15, -0.1) is 0 Å². The van der Waals surface area contributed by atoms with Crippen LogP contribution in [0.4, 0.5) is 9.18 Å². The lowest BCUT2D eigenvalue weighted by molar-refractivity contribution is -0.163. The van der Waals surface area contributed by atoms with E-state index in [0.717, 1.165) is 6.42 Å². The van der Waals surface area contributed by atoms with Crippen molar-refractivity contribution in [2.24, 2.45) is 0 Å². The highest BCUT2D eigenvalue weighted by Gasteiger charge is 2.30. The summed E-state index contributed by atoms with van der Waals surface area (Å²) in [6, 6.07) is -0.265. The number of rotatable bonds is 5. The topological polar surface area (TPSA) is 76.1 Å². The normalized spacial score (nSPS) is 20.8. The second-order valence-electron chi connectivity index (χ2n) is 5.81. The van der Waals surface area contributed by atoms with Gasteiger partial charge in [0.2, 0.25) is 6.17 Å². The first kappa shape index (κ1) is 16.7. The van der Waals surface area contributed by atoms with Crippen LogP contribution in [-0.2, 0) is 14.3 Å². The van der Waals surface area contributed by atoms with Crippen LogP contribution in [0.3, 0.4) is 0 Å². The molecule has 1 aliphatic rings. The van der Waals surface area contributed by atoms with Gasteiger partial charge in [-0.1, -0.05) is 0 Å². The van der Waals surface area contributed by atoms with Gasteiger partial charge in [0.15, 0.2) is 0 Å². The second kappa shape index (κ2) is 6.88. The van der Waals surface area contributed by atoms with Crippen LogP contribution < -0.4 is 0 Å². The minimum absolute atomic E-state index is 0.0928. The Morgan fingerprint density at radius 2 is 2.10 bits per heavy atom. The van der Waals surface area contributed by atoms with Gasteiger partial charge in [0.1, 0.15) is 5.60 Å². The average Bonchev–Trinajstić information content (AvgIpc) is 2.74. The molecule has 1 saturated heterocycles. The van der Waals surface area contributed by atoms with E-state index in [1.165, 1.54) is 4.90 Å². The van der Waals surface area contributed by atoms with Crippen molar-refractivity contribution in [3.05, 3.63) is 0 Å². The number of hydrogen-bond donors (Lipinski definition) is 1. The van der Waals surface area contributed by atoms with Crippen LogP contribution in [0.1, 0.15) is 33.6 Å². The van der Waals surface area contributed by atoms with E-state index in [0.29, 0.717) is 13.0 Å². The maximum Gasteiger partial charge on any atom is 0.407 e. The second-order valence-corrected chi connectivity index (χ2v) is 5.81. The zero-order valence-corrected chi connectivity index (χ0v) is 12.1. The molecule has 6 nitrogen and oxygen atoms in total. The number of carboxylic acid groups (broad SMARTS) is 1. The number of halogens is 1. The lowest BCUT2D eigenvalue weighted by atomic mass is 10.2. The Labute approximate surface area is 117 Å². The molecule has 20 heavy (non-hydrogen) atoms. The molecule has 1 rings (SSSR count). The van der Waals surface area contributed by atoms with Gasteiger partial charge in [-0.25, -0.2) is 14.0 Å². The Hall–Kier alpha value is -1.37. The molecule has 2 atom stereocenters. The van der Waals surface area contributed by atoms with Crippen molar-refractivity contribution in [3.63, 3.8) is 0 Å². The molecule has 0 radical (unpaired) electrons. The molecule has 0 aromatic rings. The number of alkyl halides is 1. The van der Waals surface area contributed by atoms with Gasteiger partial charge < -0.3 is 19.5 Å². The molecule has 0 aromatic heterocycles. The monoisotopic (exact) mass is 291 g/mol. The van der Waals surface area contributed by atoms with Gasteiger partial charge in [0.05, 0.1) is 19.3 Å². The third-order valence-corrected chi connectivity index (χ3v) is 2.86. The van der Waals surface area contributed by atoms with Crippen LogP contribution in [0, 0.1) is 0 Å². The van der Waals surface area contributed by atoms with Crippen molar-refractivity contribution < 1.29 is 28.6 Å². The Morgan fingerprint density at radius 1 is 1.45 bits per heavy atom. The number of esters is 1. The molecule has 1 N–H and O–H groups in total. The first-order valence-corrected chi connectivity index (χ1v) is 6.65. The van der Waals surface area contributed by atoms with E-state index in [2.05, 4.69) is 0 Å². The summed E-state index contributed by atoms with van der Waals surface area (Å²) in [6.45, 7) is 5.11.